The molecule has 0 spiro atoms. The maximum absolute atomic E-state index is 12.5. The Hall–Kier alpha value is -3.00. The van der Waals surface area contributed by atoms with E-state index in [1.54, 1.807) is 4.52 Å². The van der Waals surface area contributed by atoms with Crippen LogP contribution in [0, 0.1) is 13.8 Å². The van der Waals surface area contributed by atoms with E-state index in [9.17, 15) is 4.79 Å². The maximum Gasteiger partial charge on any atom is 0.252 e. The minimum absolute atomic E-state index is 0.0762. The number of nitrogens with one attached hydrogen (secondary N) is 1. The van der Waals surface area contributed by atoms with Crippen molar-refractivity contribution in [3.63, 3.8) is 0 Å². The molecule has 1 unspecified atom stereocenters. The summed E-state index contributed by atoms with van der Waals surface area (Å²) in [7, 11) is 0. The normalized spacial score (nSPS) is 15.9. The summed E-state index contributed by atoms with van der Waals surface area (Å²) in [6.45, 7) is 10.9. The summed E-state index contributed by atoms with van der Waals surface area (Å²) in [5.74, 6) is 0.677. The predicted octanol–water partition coefficient (Wildman–Crippen LogP) is 2.00. The number of rotatable bonds is 7. The van der Waals surface area contributed by atoms with Gasteiger partial charge >= 0.3 is 0 Å². The van der Waals surface area contributed by atoms with Crippen molar-refractivity contribution in [2.45, 2.75) is 39.7 Å². The van der Waals surface area contributed by atoms with Crippen molar-refractivity contribution in [1.82, 2.24) is 29.8 Å². The molecule has 4 rings (SSSR count). The molecule has 1 atom stereocenters. The standard InChI is InChI=1S/C23H31N7O/c1-17(28-11-13-29(14-12-28)20-7-5-4-6-8-20)15-24-22(31)10-9-21-18(2)27-23-25-16-26-30(23)19(21)3/h4-8,16-17H,9-15H2,1-3H3,(H,24,31). The second kappa shape index (κ2) is 9.43. The Morgan fingerprint density at radius 1 is 1.13 bits per heavy atom. The number of hydrogen-bond donors (Lipinski definition) is 1. The van der Waals surface area contributed by atoms with Gasteiger partial charge in [-0.2, -0.15) is 10.1 Å². The number of nitrogens with zero attached hydrogens (tertiary/aromatic N) is 6. The van der Waals surface area contributed by atoms with Crippen LogP contribution in [0.25, 0.3) is 5.78 Å². The molecular formula is C23H31N7O. The Kier molecular flexibility index (Phi) is 6.46. The van der Waals surface area contributed by atoms with Crippen molar-refractivity contribution in [2.24, 2.45) is 0 Å². The lowest BCUT2D eigenvalue weighted by Crippen LogP contribution is -2.52. The molecule has 8 heteroatoms. The van der Waals surface area contributed by atoms with Crippen molar-refractivity contribution in [2.75, 3.05) is 37.6 Å². The lowest BCUT2D eigenvalue weighted by molar-refractivity contribution is -0.121. The van der Waals surface area contributed by atoms with Crippen LogP contribution >= 0.6 is 0 Å². The van der Waals surface area contributed by atoms with E-state index in [4.69, 9.17) is 0 Å². The van der Waals surface area contributed by atoms with Gasteiger partial charge in [-0.1, -0.05) is 18.2 Å². The number of benzene rings is 1. The molecule has 1 amide bonds. The highest BCUT2D eigenvalue weighted by Gasteiger charge is 2.21. The number of amides is 1. The summed E-state index contributed by atoms with van der Waals surface area (Å²) in [6.07, 6.45) is 2.60. The second-order valence-electron chi connectivity index (χ2n) is 8.24. The molecule has 3 heterocycles. The molecule has 1 aliphatic rings. The molecule has 1 aliphatic heterocycles. The van der Waals surface area contributed by atoms with E-state index >= 15 is 0 Å². The summed E-state index contributed by atoms with van der Waals surface area (Å²) >= 11 is 0. The van der Waals surface area contributed by atoms with E-state index < -0.39 is 0 Å². The molecule has 1 saturated heterocycles. The highest BCUT2D eigenvalue weighted by atomic mass is 16.1. The quantitative estimate of drug-likeness (QED) is 0.629. The van der Waals surface area contributed by atoms with Crippen molar-refractivity contribution in [1.29, 1.82) is 0 Å². The van der Waals surface area contributed by atoms with Crippen molar-refractivity contribution < 1.29 is 4.79 Å². The summed E-state index contributed by atoms with van der Waals surface area (Å²) in [5.41, 5.74) is 4.26. The predicted molar refractivity (Wildman–Crippen MR) is 121 cm³/mol. The van der Waals surface area contributed by atoms with E-state index in [1.807, 2.05) is 13.8 Å². The van der Waals surface area contributed by atoms with Gasteiger partial charge in [0.25, 0.3) is 5.78 Å². The van der Waals surface area contributed by atoms with Gasteiger partial charge in [0.1, 0.15) is 6.33 Å². The van der Waals surface area contributed by atoms with E-state index in [1.165, 1.54) is 12.0 Å². The fourth-order valence-electron chi connectivity index (χ4n) is 4.29. The maximum atomic E-state index is 12.5. The van der Waals surface area contributed by atoms with Crippen LogP contribution < -0.4 is 10.2 Å². The van der Waals surface area contributed by atoms with Gasteiger partial charge in [-0.25, -0.2) is 9.50 Å². The highest BCUT2D eigenvalue weighted by Crippen LogP contribution is 2.17. The van der Waals surface area contributed by atoms with Gasteiger partial charge < -0.3 is 10.2 Å². The van der Waals surface area contributed by atoms with Crippen molar-refractivity contribution >= 4 is 17.4 Å². The van der Waals surface area contributed by atoms with Crippen LogP contribution in [0.1, 0.15) is 30.3 Å². The van der Waals surface area contributed by atoms with Gasteiger partial charge in [-0.05, 0) is 44.9 Å². The zero-order valence-corrected chi connectivity index (χ0v) is 18.6. The smallest absolute Gasteiger partial charge is 0.252 e. The number of aryl methyl sites for hydroxylation is 2. The molecule has 0 radical (unpaired) electrons. The molecule has 1 fully saturated rings. The fourth-order valence-corrected chi connectivity index (χ4v) is 4.29. The Labute approximate surface area is 183 Å². The molecule has 164 valence electrons. The summed E-state index contributed by atoms with van der Waals surface area (Å²) in [5, 5.41) is 7.33. The molecule has 3 aromatic rings. The monoisotopic (exact) mass is 421 g/mol. The van der Waals surface area contributed by atoms with Gasteiger partial charge in [-0.15, -0.1) is 0 Å². The van der Waals surface area contributed by atoms with Crippen LogP contribution in [0.4, 0.5) is 5.69 Å². The lowest BCUT2D eigenvalue weighted by Gasteiger charge is -2.39. The number of fused-ring (bicyclic) bond motifs is 1. The zero-order chi connectivity index (χ0) is 21.8. The Balaban J connectivity index is 1.23. The summed E-state index contributed by atoms with van der Waals surface area (Å²) in [6, 6.07) is 10.9. The molecule has 1 aromatic carbocycles. The zero-order valence-electron chi connectivity index (χ0n) is 18.6. The molecule has 1 N–H and O–H groups in total. The number of carbonyl (C=O) groups is 1. The minimum atomic E-state index is 0.0762. The summed E-state index contributed by atoms with van der Waals surface area (Å²) in [4.78, 5) is 26.0. The largest absolute Gasteiger partial charge is 0.369 e. The molecule has 0 bridgehead atoms. The number of carbonyl (C=O) groups excluding carboxylic acids is 1. The van der Waals surface area contributed by atoms with Crippen LogP contribution in [0.15, 0.2) is 36.7 Å². The number of hydrogen-bond acceptors (Lipinski definition) is 6. The van der Waals surface area contributed by atoms with Gasteiger partial charge in [0.15, 0.2) is 0 Å². The first-order valence-corrected chi connectivity index (χ1v) is 11.0. The van der Waals surface area contributed by atoms with Crippen LogP contribution in [0.2, 0.25) is 0 Å². The Morgan fingerprint density at radius 2 is 1.87 bits per heavy atom. The third kappa shape index (κ3) is 4.85. The SMILES string of the molecule is Cc1nc2ncnn2c(C)c1CCC(=O)NCC(C)N1CCN(c2ccccc2)CC1. The third-order valence-electron chi connectivity index (χ3n) is 6.24. The first-order valence-electron chi connectivity index (χ1n) is 11.0. The van der Waals surface area contributed by atoms with E-state index in [-0.39, 0.29) is 5.91 Å². The minimum Gasteiger partial charge on any atom is -0.369 e. The average molecular weight is 422 g/mol. The fraction of sp³-hybridized carbons (Fsp3) is 0.478. The van der Waals surface area contributed by atoms with E-state index in [2.05, 4.69) is 67.4 Å². The molecule has 0 saturated carbocycles. The Morgan fingerprint density at radius 3 is 2.61 bits per heavy atom. The molecule has 0 aliphatic carbocycles. The molecular weight excluding hydrogens is 390 g/mol. The van der Waals surface area contributed by atoms with E-state index in [0.29, 0.717) is 31.2 Å². The Bertz CT molecular complexity index is 1030. The number of para-hydroxylation sites is 1. The summed E-state index contributed by atoms with van der Waals surface area (Å²) < 4.78 is 1.73. The molecule has 2 aromatic heterocycles. The third-order valence-corrected chi connectivity index (χ3v) is 6.24. The topological polar surface area (TPSA) is 78.7 Å². The second-order valence-corrected chi connectivity index (χ2v) is 8.24. The van der Waals surface area contributed by atoms with Gasteiger partial charge in [0.2, 0.25) is 5.91 Å². The van der Waals surface area contributed by atoms with Gasteiger partial charge in [-0.3, -0.25) is 9.69 Å². The van der Waals surface area contributed by atoms with Crippen LogP contribution in [-0.2, 0) is 11.2 Å². The van der Waals surface area contributed by atoms with Gasteiger partial charge in [0, 0.05) is 62.3 Å². The first-order chi connectivity index (χ1) is 15.0. The van der Waals surface area contributed by atoms with Crippen LogP contribution in [0.5, 0.6) is 0 Å². The number of anilines is 1. The molecule has 31 heavy (non-hydrogen) atoms. The van der Waals surface area contributed by atoms with Gasteiger partial charge in [0.05, 0.1) is 0 Å². The highest BCUT2D eigenvalue weighted by molar-refractivity contribution is 5.76. The number of piperazine rings is 1. The van der Waals surface area contributed by atoms with Crippen molar-refractivity contribution in [3.05, 3.63) is 53.6 Å². The lowest BCUT2D eigenvalue weighted by atomic mass is 10.1. The molecule has 8 nitrogen and oxygen atoms in total. The number of aromatic nitrogens is 4. The van der Waals surface area contributed by atoms with Crippen LogP contribution in [0.3, 0.4) is 0 Å². The van der Waals surface area contributed by atoms with Crippen molar-refractivity contribution in [3.8, 4) is 0 Å². The average Bonchev–Trinajstić information content (AvgIpc) is 3.26. The van der Waals surface area contributed by atoms with Crippen LogP contribution in [-0.4, -0.2) is 69.2 Å². The van der Waals surface area contributed by atoms with E-state index in [0.717, 1.165) is 43.1 Å². The first kappa shape index (κ1) is 21.2.